The lowest BCUT2D eigenvalue weighted by atomic mass is 10.2. The Kier molecular flexibility index (Phi) is 4.77. The van der Waals surface area contributed by atoms with Crippen molar-refractivity contribution in [2.75, 3.05) is 12.4 Å². The maximum Gasteiger partial charge on any atom is 0.265 e. The second-order valence-electron chi connectivity index (χ2n) is 4.43. The first kappa shape index (κ1) is 14.8. The van der Waals surface area contributed by atoms with Crippen LogP contribution in [0.15, 0.2) is 48.5 Å². The van der Waals surface area contributed by atoms with E-state index in [1.807, 2.05) is 0 Å². The van der Waals surface area contributed by atoms with Crippen LogP contribution < -0.4 is 14.8 Å². The lowest BCUT2D eigenvalue weighted by molar-refractivity contribution is -0.122. The normalized spacial score (nSPS) is 11.6. The molecule has 2 rings (SSSR count). The van der Waals surface area contributed by atoms with Crippen LogP contribution in [0.1, 0.15) is 6.92 Å². The number of hydrogen-bond donors (Lipinski definition) is 1. The summed E-state index contributed by atoms with van der Waals surface area (Å²) in [6, 6.07) is 12.5. The standard InChI is InChI=1S/C16H16FNO3/c1-11(21-15-7-3-12(17)4-8-15)16(19)18-13-5-9-14(20-2)10-6-13/h3-11H,1-2H3,(H,18,19)/t11-/m1/s1. The number of nitrogens with one attached hydrogen (secondary N) is 1. The predicted molar refractivity (Wildman–Crippen MR) is 78.1 cm³/mol. The Balaban J connectivity index is 1.93. The minimum atomic E-state index is -0.697. The van der Waals surface area contributed by atoms with Crippen molar-refractivity contribution in [3.05, 3.63) is 54.3 Å². The molecule has 0 saturated heterocycles. The molecule has 0 spiro atoms. The molecular weight excluding hydrogens is 273 g/mol. The molecule has 110 valence electrons. The van der Waals surface area contributed by atoms with Gasteiger partial charge in [-0.3, -0.25) is 4.79 Å². The molecule has 0 aliphatic rings. The van der Waals surface area contributed by atoms with Crippen LogP contribution in [0.25, 0.3) is 0 Å². The highest BCUT2D eigenvalue weighted by atomic mass is 19.1. The Labute approximate surface area is 122 Å². The van der Waals surface area contributed by atoms with E-state index in [4.69, 9.17) is 9.47 Å². The van der Waals surface area contributed by atoms with Crippen LogP contribution in [0.4, 0.5) is 10.1 Å². The van der Waals surface area contributed by atoms with Crippen LogP contribution in [-0.4, -0.2) is 19.1 Å². The third-order valence-electron chi connectivity index (χ3n) is 2.85. The van der Waals surface area contributed by atoms with Crippen molar-refractivity contribution in [3.63, 3.8) is 0 Å². The zero-order valence-corrected chi connectivity index (χ0v) is 11.8. The molecule has 0 aliphatic heterocycles. The van der Waals surface area contributed by atoms with Crippen LogP contribution >= 0.6 is 0 Å². The van der Waals surface area contributed by atoms with E-state index >= 15 is 0 Å². The molecule has 2 aromatic carbocycles. The molecule has 1 atom stereocenters. The molecule has 0 unspecified atom stereocenters. The minimum Gasteiger partial charge on any atom is -0.497 e. The zero-order chi connectivity index (χ0) is 15.2. The zero-order valence-electron chi connectivity index (χ0n) is 11.8. The van der Waals surface area contributed by atoms with Gasteiger partial charge in [0.1, 0.15) is 17.3 Å². The molecule has 5 heteroatoms. The quantitative estimate of drug-likeness (QED) is 0.919. The van der Waals surface area contributed by atoms with E-state index in [9.17, 15) is 9.18 Å². The number of benzene rings is 2. The molecule has 2 aromatic rings. The van der Waals surface area contributed by atoms with Gasteiger partial charge in [0.25, 0.3) is 5.91 Å². The highest BCUT2D eigenvalue weighted by Crippen LogP contribution is 2.17. The van der Waals surface area contributed by atoms with E-state index in [0.29, 0.717) is 17.2 Å². The van der Waals surface area contributed by atoms with Gasteiger partial charge in [-0.1, -0.05) is 0 Å². The van der Waals surface area contributed by atoms with Crippen LogP contribution in [0.2, 0.25) is 0 Å². The van der Waals surface area contributed by atoms with Gasteiger partial charge in [-0.2, -0.15) is 0 Å². The number of methoxy groups -OCH3 is 1. The monoisotopic (exact) mass is 289 g/mol. The van der Waals surface area contributed by atoms with Gasteiger partial charge in [0.2, 0.25) is 0 Å². The predicted octanol–water partition coefficient (Wildman–Crippen LogP) is 3.24. The summed E-state index contributed by atoms with van der Waals surface area (Å²) >= 11 is 0. The number of carbonyl (C=O) groups excluding carboxylic acids is 1. The lowest BCUT2D eigenvalue weighted by Gasteiger charge is -2.14. The van der Waals surface area contributed by atoms with Gasteiger partial charge in [-0.15, -0.1) is 0 Å². The van der Waals surface area contributed by atoms with Gasteiger partial charge < -0.3 is 14.8 Å². The van der Waals surface area contributed by atoms with Gasteiger partial charge in [0.05, 0.1) is 7.11 Å². The molecule has 0 aliphatic carbocycles. The number of amides is 1. The summed E-state index contributed by atoms with van der Waals surface area (Å²) in [5.41, 5.74) is 0.648. The molecule has 4 nitrogen and oxygen atoms in total. The van der Waals surface area contributed by atoms with Crippen molar-refractivity contribution >= 4 is 11.6 Å². The summed E-state index contributed by atoms with van der Waals surface area (Å²) in [7, 11) is 1.58. The lowest BCUT2D eigenvalue weighted by Crippen LogP contribution is -2.30. The third-order valence-corrected chi connectivity index (χ3v) is 2.85. The molecule has 0 radical (unpaired) electrons. The van der Waals surface area contributed by atoms with E-state index in [1.54, 1.807) is 38.3 Å². The second kappa shape index (κ2) is 6.74. The Bertz CT molecular complexity index is 596. The van der Waals surface area contributed by atoms with Gasteiger partial charge in [-0.05, 0) is 55.5 Å². The number of halogens is 1. The van der Waals surface area contributed by atoms with Crippen molar-refractivity contribution in [1.82, 2.24) is 0 Å². The number of rotatable bonds is 5. The van der Waals surface area contributed by atoms with Crippen molar-refractivity contribution in [1.29, 1.82) is 0 Å². The van der Waals surface area contributed by atoms with Gasteiger partial charge in [0, 0.05) is 5.69 Å². The third kappa shape index (κ3) is 4.21. The van der Waals surface area contributed by atoms with E-state index < -0.39 is 6.10 Å². The molecule has 1 N–H and O–H groups in total. The first-order valence-electron chi connectivity index (χ1n) is 6.45. The first-order valence-corrected chi connectivity index (χ1v) is 6.45. The SMILES string of the molecule is COc1ccc(NC(=O)[C@@H](C)Oc2ccc(F)cc2)cc1. The number of hydrogen-bond acceptors (Lipinski definition) is 3. The summed E-state index contributed by atoms with van der Waals surface area (Å²) in [6.07, 6.45) is -0.697. The second-order valence-corrected chi connectivity index (χ2v) is 4.43. The molecule has 21 heavy (non-hydrogen) atoms. The van der Waals surface area contributed by atoms with E-state index in [0.717, 1.165) is 0 Å². The summed E-state index contributed by atoms with van der Waals surface area (Å²) in [6.45, 7) is 1.63. The van der Waals surface area contributed by atoms with Crippen molar-refractivity contribution in [2.45, 2.75) is 13.0 Å². The van der Waals surface area contributed by atoms with Crippen LogP contribution in [0, 0.1) is 5.82 Å². The molecule has 1 amide bonds. The average molecular weight is 289 g/mol. The Hall–Kier alpha value is -2.56. The van der Waals surface area contributed by atoms with Crippen molar-refractivity contribution in [2.24, 2.45) is 0 Å². The van der Waals surface area contributed by atoms with Crippen molar-refractivity contribution < 1.29 is 18.7 Å². The molecular formula is C16H16FNO3. The number of ether oxygens (including phenoxy) is 2. The fourth-order valence-corrected chi connectivity index (χ4v) is 1.69. The fourth-order valence-electron chi connectivity index (χ4n) is 1.69. The van der Waals surface area contributed by atoms with Gasteiger partial charge >= 0.3 is 0 Å². The molecule has 0 bridgehead atoms. The van der Waals surface area contributed by atoms with E-state index in [1.165, 1.54) is 24.3 Å². The molecule has 0 fully saturated rings. The first-order chi connectivity index (χ1) is 10.1. The largest absolute Gasteiger partial charge is 0.497 e. The molecule has 0 heterocycles. The smallest absolute Gasteiger partial charge is 0.265 e. The van der Waals surface area contributed by atoms with E-state index in [-0.39, 0.29) is 11.7 Å². The highest BCUT2D eigenvalue weighted by molar-refractivity contribution is 5.94. The topological polar surface area (TPSA) is 47.6 Å². The van der Waals surface area contributed by atoms with Crippen LogP contribution in [0.3, 0.4) is 0 Å². The number of anilines is 1. The molecule has 0 aromatic heterocycles. The minimum absolute atomic E-state index is 0.288. The summed E-state index contributed by atoms with van der Waals surface area (Å²) in [5, 5.41) is 2.73. The van der Waals surface area contributed by atoms with Gasteiger partial charge in [0.15, 0.2) is 6.10 Å². The maximum atomic E-state index is 12.8. The number of carbonyl (C=O) groups is 1. The summed E-state index contributed by atoms with van der Waals surface area (Å²) < 4.78 is 23.3. The maximum absolute atomic E-state index is 12.8. The van der Waals surface area contributed by atoms with Crippen molar-refractivity contribution in [3.8, 4) is 11.5 Å². The average Bonchev–Trinajstić information content (AvgIpc) is 2.50. The fraction of sp³-hybridized carbons (Fsp3) is 0.188. The summed E-state index contributed by atoms with van der Waals surface area (Å²) in [4.78, 5) is 12.0. The Morgan fingerprint density at radius 2 is 1.62 bits per heavy atom. The Morgan fingerprint density at radius 3 is 2.19 bits per heavy atom. The van der Waals surface area contributed by atoms with E-state index in [2.05, 4.69) is 5.32 Å². The van der Waals surface area contributed by atoms with Crippen LogP contribution in [-0.2, 0) is 4.79 Å². The van der Waals surface area contributed by atoms with Gasteiger partial charge in [-0.25, -0.2) is 4.39 Å². The molecule has 0 saturated carbocycles. The Morgan fingerprint density at radius 1 is 1.05 bits per heavy atom. The summed E-state index contributed by atoms with van der Waals surface area (Å²) in [5.74, 6) is 0.513. The highest BCUT2D eigenvalue weighted by Gasteiger charge is 2.14. The van der Waals surface area contributed by atoms with Crippen LogP contribution in [0.5, 0.6) is 11.5 Å².